The molecular formula is C28H36N4O7. The fraction of sp³-hybridized carbons (Fsp3) is 0.429. The molecule has 0 heterocycles. The Hall–Kier alpha value is -4.28. The molecule has 0 aromatic heterocycles. The third kappa shape index (κ3) is 7.86. The van der Waals surface area contributed by atoms with Gasteiger partial charge in [0.1, 0.15) is 29.2 Å². The number of anilines is 1. The van der Waals surface area contributed by atoms with Gasteiger partial charge in [0.2, 0.25) is 11.8 Å². The fourth-order valence-corrected chi connectivity index (χ4v) is 4.22. The van der Waals surface area contributed by atoms with Crippen LogP contribution in [0.15, 0.2) is 48.5 Å². The molecule has 4 amide bonds. The van der Waals surface area contributed by atoms with Crippen LogP contribution in [0.4, 0.5) is 10.5 Å². The van der Waals surface area contributed by atoms with Crippen molar-refractivity contribution in [3.8, 4) is 11.5 Å². The predicted octanol–water partition coefficient (Wildman–Crippen LogP) is 3.09. The van der Waals surface area contributed by atoms with Crippen LogP contribution in [-0.4, -0.2) is 58.6 Å². The Morgan fingerprint density at radius 2 is 1.72 bits per heavy atom. The number of phenols is 1. The van der Waals surface area contributed by atoms with Crippen LogP contribution in [0.2, 0.25) is 0 Å². The number of methoxy groups -OCH3 is 1. The highest BCUT2D eigenvalue weighted by atomic mass is 16.6. The number of phenolic OH excluding ortho intramolecular Hbond substituents is 1. The van der Waals surface area contributed by atoms with Crippen LogP contribution in [0, 0.1) is 5.92 Å². The maximum atomic E-state index is 14.0. The Balaban J connectivity index is 2.02. The van der Waals surface area contributed by atoms with Crippen LogP contribution in [0.5, 0.6) is 11.5 Å². The van der Waals surface area contributed by atoms with E-state index < -0.39 is 47.9 Å². The zero-order valence-electron chi connectivity index (χ0n) is 22.8. The van der Waals surface area contributed by atoms with Gasteiger partial charge in [-0.25, -0.2) is 4.79 Å². The summed E-state index contributed by atoms with van der Waals surface area (Å²) in [7, 11) is 1.52. The van der Waals surface area contributed by atoms with Crippen LogP contribution in [0.3, 0.4) is 0 Å². The number of nitrogens with two attached hydrogens (primary N) is 1. The molecule has 0 aliphatic heterocycles. The molecule has 3 rings (SSSR count). The van der Waals surface area contributed by atoms with Gasteiger partial charge in [0, 0.05) is 17.3 Å². The van der Waals surface area contributed by atoms with Crippen LogP contribution in [0.25, 0.3) is 0 Å². The largest absolute Gasteiger partial charge is 0.508 e. The Morgan fingerprint density at radius 1 is 1.10 bits per heavy atom. The second kappa shape index (κ2) is 12.1. The maximum absolute atomic E-state index is 14.0. The van der Waals surface area contributed by atoms with E-state index in [1.807, 2.05) is 6.92 Å². The number of carbonyl (C=O) groups excluding carboxylic acids is 4. The second-order valence-electron chi connectivity index (χ2n) is 10.6. The van der Waals surface area contributed by atoms with Gasteiger partial charge in [0.05, 0.1) is 13.5 Å². The van der Waals surface area contributed by atoms with E-state index in [4.69, 9.17) is 15.2 Å². The SMILES string of the molecule is COc1ccc(NC(=O)C(c2ccccc2O)N(C(=O)C(CC(N)=O)NC(=O)OC(C)(C)C)C2CC2C)cc1. The van der Waals surface area contributed by atoms with Crippen molar-refractivity contribution < 1.29 is 33.8 Å². The first-order valence-electron chi connectivity index (χ1n) is 12.6. The van der Waals surface area contributed by atoms with Gasteiger partial charge in [-0.15, -0.1) is 0 Å². The number of para-hydroxylation sites is 1. The monoisotopic (exact) mass is 540 g/mol. The molecule has 2 aromatic carbocycles. The topological polar surface area (TPSA) is 160 Å². The number of benzene rings is 2. The van der Waals surface area contributed by atoms with Crippen LogP contribution in [-0.2, 0) is 19.1 Å². The summed E-state index contributed by atoms with van der Waals surface area (Å²) >= 11 is 0. The average molecular weight is 541 g/mol. The van der Waals surface area contributed by atoms with Gasteiger partial charge in [-0.05, 0) is 63.4 Å². The molecule has 0 saturated heterocycles. The minimum Gasteiger partial charge on any atom is -0.508 e. The molecular weight excluding hydrogens is 504 g/mol. The lowest BCUT2D eigenvalue weighted by Gasteiger charge is -2.35. The minimum atomic E-state index is -1.40. The molecule has 5 N–H and O–H groups in total. The summed E-state index contributed by atoms with van der Waals surface area (Å²) in [6, 6.07) is 9.76. The minimum absolute atomic E-state index is 0.0341. The van der Waals surface area contributed by atoms with E-state index in [1.54, 1.807) is 63.2 Å². The first-order valence-corrected chi connectivity index (χ1v) is 12.6. The molecule has 1 aliphatic rings. The van der Waals surface area contributed by atoms with E-state index in [0.29, 0.717) is 17.9 Å². The van der Waals surface area contributed by atoms with E-state index in [-0.39, 0.29) is 23.3 Å². The molecule has 11 nitrogen and oxygen atoms in total. The first-order chi connectivity index (χ1) is 18.3. The number of hydrogen-bond acceptors (Lipinski definition) is 7. The highest BCUT2D eigenvalue weighted by molar-refractivity contribution is 6.00. The van der Waals surface area contributed by atoms with Crippen molar-refractivity contribution in [2.45, 2.75) is 64.3 Å². The summed E-state index contributed by atoms with van der Waals surface area (Å²) < 4.78 is 10.5. The van der Waals surface area contributed by atoms with Gasteiger partial charge in [-0.1, -0.05) is 25.1 Å². The molecule has 2 aromatic rings. The third-order valence-corrected chi connectivity index (χ3v) is 6.19. The average Bonchev–Trinajstić information content (AvgIpc) is 3.56. The Kier molecular flexibility index (Phi) is 9.05. The van der Waals surface area contributed by atoms with Crippen molar-refractivity contribution in [1.29, 1.82) is 0 Å². The van der Waals surface area contributed by atoms with Crippen LogP contribution in [0.1, 0.15) is 52.1 Å². The van der Waals surface area contributed by atoms with Crippen LogP contribution < -0.4 is 21.1 Å². The highest BCUT2D eigenvalue weighted by Crippen LogP contribution is 2.42. The molecule has 210 valence electrons. The van der Waals surface area contributed by atoms with Gasteiger partial charge < -0.3 is 35.8 Å². The Labute approximate surface area is 227 Å². The number of amides is 4. The van der Waals surface area contributed by atoms with E-state index in [0.717, 1.165) is 0 Å². The maximum Gasteiger partial charge on any atom is 0.408 e. The number of alkyl carbamates (subject to hydrolysis) is 1. The number of primary amides is 1. The highest BCUT2D eigenvalue weighted by Gasteiger charge is 2.49. The van der Waals surface area contributed by atoms with E-state index in [9.17, 15) is 24.3 Å². The predicted molar refractivity (Wildman–Crippen MR) is 144 cm³/mol. The zero-order valence-corrected chi connectivity index (χ0v) is 22.8. The summed E-state index contributed by atoms with van der Waals surface area (Å²) in [5, 5.41) is 16.0. The van der Waals surface area contributed by atoms with Crippen molar-refractivity contribution >= 4 is 29.5 Å². The molecule has 0 bridgehead atoms. The van der Waals surface area contributed by atoms with Gasteiger partial charge in [0.15, 0.2) is 0 Å². The fourth-order valence-electron chi connectivity index (χ4n) is 4.22. The normalized spacial score (nSPS) is 17.8. The molecule has 1 saturated carbocycles. The summed E-state index contributed by atoms with van der Waals surface area (Å²) in [6.45, 7) is 6.90. The third-order valence-electron chi connectivity index (χ3n) is 6.19. The lowest BCUT2D eigenvalue weighted by Crippen LogP contribution is -2.54. The van der Waals surface area contributed by atoms with Crippen molar-refractivity contribution in [3.63, 3.8) is 0 Å². The zero-order chi connectivity index (χ0) is 28.9. The molecule has 0 radical (unpaired) electrons. The molecule has 11 heteroatoms. The number of aromatic hydroxyl groups is 1. The van der Waals surface area contributed by atoms with Crippen LogP contribution >= 0.6 is 0 Å². The van der Waals surface area contributed by atoms with Gasteiger partial charge >= 0.3 is 6.09 Å². The van der Waals surface area contributed by atoms with Crippen molar-refractivity contribution in [2.24, 2.45) is 11.7 Å². The quantitative estimate of drug-likeness (QED) is 0.360. The molecule has 1 fully saturated rings. The Bertz CT molecular complexity index is 1210. The Morgan fingerprint density at radius 3 is 2.23 bits per heavy atom. The smallest absolute Gasteiger partial charge is 0.408 e. The second-order valence-corrected chi connectivity index (χ2v) is 10.6. The lowest BCUT2D eigenvalue weighted by atomic mass is 10.0. The standard InChI is InChI=1S/C28H36N4O7/c1-16-14-21(16)32(26(36)20(15-23(29)34)31-27(37)39-28(2,3)4)24(19-8-6-7-9-22(19)33)25(35)30-17-10-12-18(38-5)13-11-17/h6-13,16,20-21,24,33H,14-15H2,1-5H3,(H2,29,34)(H,30,35)(H,31,37). The van der Waals surface area contributed by atoms with Gasteiger partial charge in [-0.3, -0.25) is 14.4 Å². The van der Waals surface area contributed by atoms with Gasteiger partial charge in [-0.2, -0.15) is 0 Å². The number of nitrogens with one attached hydrogen (secondary N) is 2. The number of ether oxygens (including phenoxy) is 2. The number of rotatable bonds is 10. The number of nitrogens with zero attached hydrogens (tertiary/aromatic N) is 1. The lowest BCUT2D eigenvalue weighted by molar-refractivity contribution is -0.142. The molecule has 1 aliphatic carbocycles. The summed E-state index contributed by atoms with van der Waals surface area (Å²) in [4.78, 5) is 53.6. The van der Waals surface area contributed by atoms with Crippen molar-refractivity contribution in [2.75, 3.05) is 12.4 Å². The van der Waals surface area contributed by atoms with E-state index >= 15 is 0 Å². The molecule has 4 atom stereocenters. The van der Waals surface area contributed by atoms with E-state index in [1.165, 1.54) is 18.1 Å². The van der Waals surface area contributed by atoms with Crippen molar-refractivity contribution in [3.05, 3.63) is 54.1 Å². The number of carbonyl (C=O) groups is 4. The molecule has 4 unspecified atom stereocenters. The summed E-state index contributed by atoms with van der Waals surface area (Å²) in [5.41, 5.74) is 5.19. The van der Waals surface area contributed by atoms with E-state index in [2.05, 4.69) is 10.6 Å². The summed E-state index contributed by atoms with van der Waals surface area (Å²) in [5.74, 6) is -1.68. The molecule has 0 spiro atoms. The summed E-state index contributed by atoms with van der Waals surface area (Å²) in [6.07, 6.45) is -0.835. The first kappa shape index (κ1) is 29.3. The van der Waals surface area contributed by atoms with Gasteiger partial charge in [0.25, 0.3) is 5.91 Å². The number of hydrogen-bond donors (Lipinski definition) is 4. The molecule has 39 heavy (non-hydrogen) atoms. The van der Waals surface area contributed by atoms with Crippen molar-refractivity contribution in [1.82, 2.24) is 10.2 Å².